The summed E-state index contributed by atoms with van der Waals surface area (Å²) in [5, 5.41) is 14.3. The second-order valence-electron chi connectivity index (χ2n) is 5.23. The molecule has 0 aliphatic carbocycles. The van der Waals surface area contributed by atoms with Crippen LogP contribution in [0.3, 0.4) is 0 Å². The van der Waals surface area contributed by atoms with Gasteiger partial charge in [0.25, 0.3) is 0 Å². The van der Waals surface area contributed by atoms with Gasteiger partial charge >= 0.3 is 5.69 Å². The highest BCUT2D eigenvalue weighted by molar-refractivity contribution is 5.74. The Bertz CT molecular complexity index is 738. The molecule has 140 valence electrons. The molecule has 26 heavy (non-hydrogen) atoms. The van der Waals surface area contributed by atoms with Gasteiger partial charge in [-0.25, -0.2) is 14.4 Å². The molecular weight excluding hydrogens is 345 g/mol. The molecule has 1 heterocycles. The first-order valence-corrected chi connectivity index (χ1v) is 7.82. The van der Waals surface area contributed by atoms with Crippen LogP contribution in [0.4, 0.5) is 27.4 Å². The van der Waals surface area contributed by atoms with Crippen molar-refractivity contribution in [2.45, 2.75) is 0 Å². The normalized spacial score (nSPS) is 10.6. The Balaban J connectivity index is 2.42. The number of rotatable bonds is 10. The van der Waals surface area contributed by atoms with E-state index in [1.807, 2.05) is 0 Å². The van der Waals surface area contributed by atoms with Gasteiger partial charge in [0.15, 0.2) is 0 Å². The standard InChI is InChI=1S/C16H20FN5O4/c1-25-9-7-21(8-10-26-2)16-14(22(23)24)15(18-11-19-16)20-13-6-4-3-5-12(13)17/h3-6,11H,7-10H2,1-2H3,(H,18,19,20). The fourth-order valence-corrected chi connectivity index (χ4v) is 2.28. The van der Waals surface area contributed by atoms with E-state index in [2.05, 4.69) is 15.3 Å². The predicted octanol–water partition coefficient (Wildman–Crippen LogP) is 2.37. The number of aromatic nitrogens is 2. The zero-order valence-electron chi connectivity index (χ0n) is 14.5. The van der Waals surface area contributed by atoms with Gasteiger partial charge in [0.1, 0.15) is 12.1 Å². The van der Waals surface area contributed by atoms with E-state index in [-0.39, 0.29) is 23.0 Å². The molecule has 9 nitrogen and oxygen atoms in total. The van der Waals surface area contributed by atoms with Gasteiger partial charge in [0.05, 0.1) is 23.8 Å². The molecule has 0 aliphatic heterocycles. The Morgan fingerprint density at radius 2 is 1.85 bits per heavy atom. The molecular formula is C16H20FN5O4. The third kappa shape index (κ3) is 4.83. The number of halogens is 1. The minimum atomic E-state index is -0.592. The van der Waals surface area contributed by atoms with Crippen molar-refractivity contribution < 1.29 is 18.8 Å². The lowest BCUT2D eigenvalue weighted by Crippen LogP contribution is -2.32. The maximum absolute atomic E-state index is 13.9. The first-order chi connectivity index (χ1) is 12.6. The number of nitrogens with one attached hydrogen (secondary N) is 1. The minimum Gasteiger partial charge on any atom is -0.383 e. The highest BCUT2D eigenvalue weighted by atomic mass is 19.1. The monoisotopic (exact) mass is 365 g/mol. The van der Waals surface area contributed by atoms with Gasteiger partial charge in [0.2, 0.25) is 11.6 Å². The van der Waals surface area contributed by atoms with E-state index >= 15 is 0 Å². The molecule has 0 bridgehead atoms. The largest absolute Gasteiger partial charge is 0.383 e. The molecule has 10 heteroatoms. The Labute approximate surface area is 149 Å². The fourth-order valence-electron chi connectivity index (χ4n) is 2.28. The number of methoxy groups -OCH3 is 2. The number of nitro groups is 1. The molecule has 0 atom stereocenters. The van der Waals surface area contributed by atoms with E-state index in [1.54, 1.807) is 11.0 Å². The Hall–Kier alpha value is -2.85. The summed E-state index contributed by atoms with van der Waals surface area (Å²) in [7, 11) is 3.07. The average molecular weight is 365 g/mol. The first-order valence-electron chi connectivity index (χ1n) is 7.82. The van der Waals surface area contributed by atoms with Crippen LogP contribution in [-0.2, 0) is 9.47 Å². The molecule has 1 aromatic carbocycles. The van der Waals surface area contributed by atoms with Crippen LogP contribution >= 0.6 is 0 Å². The number of hydrogen-bond acceptors (Lipinski definition) is 8. The summed E-state index contributed by atoms with van der Waals surface area (Å²) in [6.45, 7) is 1.44. The number of benzene rings is 1. The molecule has 0 unspecified atom stereocenters. The first kappa shape index (κ1) is 19.5. The van der Waals surface area contributed by atoms with E-state index in [0.29, 0.717) is 26.3 Å². The number of nitrogens with zero attached hydrogens (tertiary/aromatic N) is 4. The molecule has 0 aliphatic rings. The van der Waals surface area contributed by atoms with Crippen LogP contribution in [-0.4, -0.2) is 55.4 Å². The van der Waals surface area contributed by atoms with Crippen LogP contribution < -0.4 is 10.2 Å². The van der Waals surface area contributed by atoms with Gasteiger partial charge in [-0.05, 0) is 12.1 Å². The lowest BCUT2D eigenvalue weighted by atomic mass is 10.3. The summed E-state index contributed by atoms with van der Waals surface area (Å²) in [5.41, 5.74) is -0.261. The number of hydrogen-bond donors (Lipinski definition) is 1. The van der Waals surface area contributed by atoms with Crippen LogP contribution in [0.25, 0.3) is 0 Å². The maximum atomic E-state index is 13.9. The van der Waals surface area contributed by atoms with Crippen molar-refractivity contribution in [3.63, 3.8) is 0 Å². The number of para-hydroxylation sites is 1. The molecule has 2 rings (SSSR count). The second-order valence-corrected chi connectivity index (χ2v) is 5.23. The highest BCUT2D eigenvalue weighted by Gasteiger charge is 2.27. The molecule has 0 radical (unpaired) electrons. The molecule has 1 aromatic heterocycles. The summed E-state index contributed by atoms with van der Waals surface area (Å²) in [6, 6.07) is 5.86. The smallest absolute Gasteiger partial charge is 0.353 e. The van der Waals surface area contributed by atoms with Crippen LogP contribution in [0.15, 0.2) is 30.6 Å². The Morgan fingerprint density at radius 1 is 1.19 bits per heavy atom. The molecule has 1 N–H and O–H groups in total. The van der Waals surface area contributed by atoms with Gasteiger partial charge < -0.3 is 19.7 Å². The van der Waals surface area contributed by atoms with Gasteiger partial charge in [-0.3, -0.25) is 10.1 Å². The van der Waals surface area contributed by atoms with Gasteiger partial charge in [-0.15, -0.1) is 0 Å². The summed E-state index contributed by atoms with van der Waals surface area (Å²) in [6.07, 6.45) is 1.19. The number of ether oxygens (including phenoxy) is 2. The quantitative estimate of drug-likeness (QED) is 0.506. The van der Waals surface area contributed by atoms with E-state index in [0.717, 1.165) is 0 Å². The van der Waals surface area contributed by atoms with Gasteiger partial charge in [0, 0.05) is 27.3 Å². The fraction of sp³-hybridized carbons (Fsp3) is 0.375. The van der Waals surface area contributed by atoms with Gasteiger partial charge in [-0.2, -0.15) is 0 Å². The molecule has 0 spiro atoms. The van der Waals surface area contributed by atoms with E-state index in [9.17, 15) is 14.5 Å². The van der Waals surface area contributed by atoms with Crippen molar-refractivity contribution in [1.82, 2.24) is 9.97 Å². The molecule has 0 fully saturated rings. The van der Waals surface area contributed by atoms with Crippen molar-refractivity contribution in [3.8, 4) is 0 Å². The SMILES string of the molecule is COCCN(CCOC)c1ncnc(Nc2ccccc2F)c1[N+](=O)[O-]. The second kappa shape index (κ2) is 9.59. The van der Waals surface area contributed by atoms with Crippen molar-refractivity contribution in [2.75, 3.05) is 50.7 Å². The van der Waals surface area contributed by atoms with Crippen LogP contribution in [0.5, 0.6) is 0 Å². The third-order valence-corrected chi connectivity index (χ3v) is 3.54. The van der Waals surface area contributed by atoms with Crippen molar-refractivity contribution in [2.24, 2.45) is 0 Å². The summed E-state index contributed by atoms with van der Waals surface area (Å²) >= 11 is 0. The van der Waals surface area contributed by atoms with Gasteiger partial charge in [-0.1, -0.05) is 12.1 Å². The lowest BCUT2D eigenvalue weighted by molar-refractivity contribution is -0.383. The van der Waals surface area contributed by atoms with Crippen LogP contribution in [0, 0.1) is 15.9 Å². The zero-order valence-corrected chi connectivity index (χ0v) is 14.5. The molecule has 0 saturated heterocycles. The Morgan fingerprint density at radius 3 is 2.42 bits per heavy atom. The van der Waals surface area contributed by atoms with Crippen molar-refractivity contribution in [3.05, 3.63) is 46.5 Å². The van der Waals surface area contributed by atoms with E-state index in [4.69, 9.17) is 9.47 Å². The minimum absolute atomic E-state index is 0.0839. The maximum Gasteiger partial charge on any atom is 0.353 e. The Kier molecular flexibility index (Phi) is 7.18. The topological polar surface area (TPSA) is 103 Å². The molecule has 0 saturated carbocycles. The van der Waals surface area contributed by atoms with Crippen molar-refractivity contribution >= 4 is 23.0 Å². The number of anilines is 3. The molecule has 0 amide bonds. The third-order valence-electron chi connectivity index (χ3n) is 3.54. The lowest BCUT2D eigenvalue weighted by Gasteiger charge is -2.23. The van der Waals surface area contributed by atoms with Crippen LogP contribution in [0.1, 0.15) is 0 Å². The summed E-state index contributed by atoms with van der Waals surface area (Å²) in [5.74, 6) is -0.527. The average Bonchev–Trinajstić information content (AvgIpc) is 2.63. The summed E-state index contributed by atoms with van der Waals surface area (Å²) < 4.78 is 24.0. The van der Waals surface area contributed by atoms with E-state index in [1.165, 1.54) is 38.7 Å². The highest BCUT2D eigenvalue weighted by Crippen LogP contribution is 2.33. The van der Waals surface area contributed by atoms with E-state index < -0.39 is 10.7 Å². The molecule has 2 aromatic rings. The van der Waals surface area contributed by atoms with Crippen molar-refractivity contribution in [1.29, 1.82) is 0 Å². The van der Waals surface area contributed by atoms with Crippen LogP contribution in [0.2, 0.25) is 0 Å². The summed E-state index contributed by atoms with van der Waals surface area (Å²) in [4.78, 5) is 20.7. The zero-order chi connectivity index (χ0) is 18.9. The predicted molar refractivity (Wildman–Crippen MR) is 94.3 cm³/mol.